The summed E-state index contributed by atoms with van der Waals surface area (Å²) in [6.07, 6.45) is 4.03. The fourth-order valence-electron chi connectivity index (χ4n) is 3.75. The van der Waals surface area contributed by atoms with Crippen molar-refractivity contribution in [2.24, 2.45) is 10.7 Å². The first-order valence-electron chi connectivity index (χ1n) is 16.2. The first-order valence-corrected chi connectivity index (χ1v) is 26.8. The Kier molecular flexibility index (Phi) is 42.2. The summed E-state index contributed by atoms with van der Waals surface area (Å²) in [6, 6.07) is 32.9. The first-order chi connectivity index (χ1) is 27.9. The molecule has 0 aliphatic carbocycles. The normalized spacial score (nSPS) is 10.5. The average molecular weight is 1170 g/mol. The van der Waals surface area contributed by atoms with Crippen LogP contribution in [-0.2, 0) is 39.1 Å². The Hall–Kier alpha value is -1.16. The molecule has 5 rings (SSSR count). The van der Waals surface area contributed by atoms with Crippen molar-refractivity contribution >= 4 is 130 Å². The second-order valence-electron chi connectivity index (χ2n) is 10.1. The number of alkyl halides is 8. The Balaban J connectivity index is -0.000000633. The molecule has 57 heavy (non-hydrogen) atoms. The molecule has 312 valence electrons. The molecule has 0 saturated carbocycles. The van der Waals surface area contributed by atoms with Crippen LogP contribution < -0.4 is 10.5 Å². The Morgan fingerprint density at radius 2 is 1.18 bits per heavy atom. The van der Waals surface area contributed by atoms with Crippen LogP contribution in [0, 0.1) is 22.7 Å². The minimum atomic E-state index is -0.806. The molecule has 1 aliphatic heterocycles. The van der Waals surface area contributed by atoms with Gasteiger partial charge in [0.05, 0.1) is 42.3 Å². The second-order valence-corrected chi connectivity index (χ2v) is 18.4. The summed E-state index contributed by atoms with van der Waals surface area (Å²) in [4.78, 5) is 11.8. The van der Waals surface area contributed by atoms with Gasteiger partial charge in [-0.1, -0.05) is 66.7 Å². The van der Waals surface area contributed by atoms with Gasteiger partial charge in [-0.05, 0) is 71.0 Å². The van der Waals surface area contributed by atoms with Gasteiger partial charge in [0.1, 0.15) is 21.4 Å². The zero-order valence-electron chi connectivity index (χ0n) is 31.1. The fourth-order valence-corrected chi connectivity index (χ4v) is 4.57. The van der Waals surface area contributed by atoms with Crippen LogP contribution in [0.5, 0.6) is 5.75 Å². The van der Waals surface area contributed by atoms with E-state index < -0.39 is 31.0 Å². The topological polar surface area (TPSA) is 121 Å². The number of hydrogen-bond donors (Lipinski definition) is 1. The van der Waals surface area contributed by atoms with Gasteiger partial charge in [-0.15, -0.1) is 105 Å². The third kappa shape index (κ3) is 33.3. The van der Waals surface area contributed by atoms with Crippen LogP contribution in [0.4, 0.5) is 0 Å². The number of nitriles is 2. The molecule has 7 nitrogen and oxygen atoms in total. The van der Waals surface area contributed by atoms with Crippen LogP contribution in [-0.4, -0.2) is 32.9 Å². The van der Waals surface area contributed by atoms with Gasteiger partial charge in [0, 0.05) is 19.8 Å². The van der Waals surface area contributed by atoms with E-state index in [2.05, 4.69) is 17.3 Å². The van der Waals surface area contributed by atoms with Gasteiger partial charge in [0.15, 0.2) is 0 Å². The van der Waals surface area contributed by atoms with Crippen LogP contribution in [0.15, 0.2) is 102 Å². The summed E-state index contributed by atoms with van der Waals surface area (Å²) >= 11 is 46.4. The van der Waals surface area contributed by atoms with Gasteiger partial charge < -0.3 is 15.2 Å². The molecule has 0 unspecified atom stereocenters. The molecule has 19 heteroatoms. The number of methoxy groups -OCH3 is 1. The zero-order valence-corrected chi connectivity index (χ0v) is 41.4. The van der Waals surface area contributed by atoms with Crippen molar-refractivity contribution in [1.29, 1.82) is 11.7 Å². The van der Waals surface area contributed by atoms with Crippen molar-refractivity contribution < 1.29 is 30.7 Å². The maximum absolute atomic E-state index is 9.85. The predicted octanol–water partition coefficient (Wildman–Crippen LogP) is 14.2. The SMILES string of the molecule is C1CCOC1.COc1cccc(C#N)c1.ClCCl.N#Cc1cccc(C(Cl)Cl)c1.NCc1cccc(C(Cl)Cl)c1.O=C=NCc1cccc(C(Cl)Cl)c1.[2H]Cl.[Cl][W][Cl]. The summed E-state index contributed by atoms with van der Waals surface area (Å²) in [5.41, 5.74) is 11.0. The number of hydrogen-bond acceptors (Lipinski definition) is 7. The summed E-state index contributed by atoms with van der Waals surface area (Å²) in [6.45, 7) is 2.84. The number of isocyanates is 1. The molecule has 0 radical (unpaired) electrons. The number of nitrogens with two attached hydrogens (primary N) is 1. The molecule has 0 aromatic heterocycles. The minimum absolute atomic E-state index is 0.194. The zero-order chi connectivity index (χ0) is 44.6. The average Bonchev–Trinajstić information content (AvgIpc) is 3.86. The van der Waals surface area contributed by atoms with Crippen molar-refractivity contribution in [2.45, 2.75) is 40.4 Å². The van der Waals surface area contributed by atoms with Crippen molar-refractivity contribution in [3.8, 4) is 17.9 Å². The number of nitrogens with zero attached hydrogens (tertiary/aromatic N) is 3. The number of ether oxygens (including phenoxy) is 2. The van der Waals surface area contributed by atoms with E-state index in [1.54, 1.807) is 55.6 Å². The Bertz CT molecular complexity index is 1730. The van der Waals surface area contributed by atoms with Crippen molar-refractivity contribution in [3.05, 3.63) is 136 Å². The monoisotopic (exact) mass is 1170 g/mol. The van der Waals surface area contributed by atoms with Gasteiger partial charge in [0.25, 0.3) is 0 Å². The van der Waals surface area contributed by atoms with E-state index in [4.69, 9.17) is 139 Å². The predicted molar refractivity (Wildman–Crippen MR) is 240 cm³/mol. The van der Waals surface area contributed by atoms with Crippen molar-refractivity contribution in [1.82, 2.24) is 0 Å². The molecular weight excluding hydrogens is 1130 g/mol. The van der Waals surface area contributed by atoms with Crippen LogP contribution in [0.3, 0.4) is 0 Å². The molecule has 1 fully saturated rings. The maximum atomic E-state index is 9.85. The van der Waals surface area contributed by atoms with E-state index in [1.807, 2.05) is 60.7 Å². The molecular formula is C38H39Cl11N4O3W. The molecule has 0 bridgehead atoms. The Morgan fingerprint density at radius 3 is 1.56 bits per heavy atom. The van der Waals surface area contributed by atoms with Gasteiger partial charge in [-0.3, -0.25) is 0 Å². The second kappa shape index (κ2) is 41.6. The molecule has 0 spiro atoms. The van der Waals surface area contributed by atoms with Crippen LogP contribution >= 0.6 is 124 Å². The molecule has 1 heterocycles. The van der Waals surface area contributed by atoms with E-state index in [0.29, 0.717) is 24.2 Å². The standard InChI is InChI=1S/C9H7Cl2NO.C8H9Cl2N.C8H5Cl2N.C8H7NO.C4H8O.CH2Cl2.3ClH.W/c10-9(11)8-3-1-2-7(4-8)5-12-6-13;2*9-8(10)7-3-1-2-6(4-7)5-11;1-10-8-4-2-3-7(5-8)6-9;1-2-4-5-3-1;2-1-3;;;;/h1-4,9H,5H2;1-4,8H,5,11H2;1-4,8H;2-5H,1H3;1-4H2;1H2;3*1H;/q;;;;;;;;;+2/p-2/i/hD. The first kappa shape index (κ1) is 57.9. The number of benzene rings is 4. The van der Waals surface area contributed by atoms with Crippen molar-refractivity contribution in [2.75, 3.05) is 25.7 Å². The molecule has 4 aromatic carbocycles. The van der Waals surface area contributed by atoms with Gasteiger partial charge in [-0.25, -0.2) is 9.79 Å². The van der Waals surface area contributed by atoms with E-state index in [9.17, 15) is 4.79 Å². The summed E-state index contributed by atoms with van der Waals surface area (Å²) in [7, 11) is 11.4. The van der Waals surface area contributed by atoms with Crippen molar-refractivity contribution in [3.63, 3.8) is 0 Å². The molecule has 2 N–H and O–H groups in total. The number of halogens is 11. The Labute approximate surface area is 399 Å². The van der Waals surface area contributed by atoms with Crippen LogP contribution in [0.2, 0.25) is 0 Å². The van der Waals surface area contributed by atoms with Crippen LogP contribution in [0.25, 0.3) is 0 Å². The quantitative estimate of drug-likeness (QED) is 0.112. The molecule has 1 aliphatic rings. The third-order valence-electron chi connectivity index (χ3n) is 6.26. The molecule has 1 saturated heterocycles. The number of carbonyl (C=O) groups excluding carboxylic acids is 1. The van der Waals surface area contributed by atoms with Gasteiger partial charge >= 0.3 is 35.3 Å². The summed E-state index contributed by atoms with van der Waals surface area (Å²) in [5, 5.41) is 17.2. The van der Waals surface area contributed by atoms with Gasteiger partial charge in [-0.2, -0.15) is 10.5 Å². The van der Waals surface area contributed by atoms with Gasteiger partial charge in [0.2, 0.25) is 6.08 Å². The summed E-state index contributed by atoms with van der Waals surface area (Å²) in [5.74, 6) is 0.721. The molecule has 4 aromatic rings. The number of rotatable bonds is 7. The fraction of sp³-hybridized carbons (Fsp3) is 0.289. The van der Waals surface area contributed by atoms with Crippen LogP contribution in [0.1, 0.15) is 66.3 Å². The van der Waals surface area contributed by atoms with E-state index in [1.165, 1.54) is 18.9 Å². The summed E-state index contributed by atoms with van der Waals surface area (Å²) < 4.78 is 15.1. The Morgan fingerprint density at radius 1 is 0.772 bits per heavy atom. The van der Waals surface area contributed by atoms with E-state index >= 15 is 0 Å². The third-order valence-corrected chi connectivity index (χ3v) is 7.77. The van der Waals surface area contributed by atoms with E-state index in [-0.39, 0.29) is 5.34 Å². The number of aliphatic imine (C=N–C) groups is 1. The van der Waals surface area contributed by atoms with E-state index in [0.717, 1.165) is 46.8 Å². The molecule has 0 amide bonds. The molecule has 0 atom stereocenters.